The second-order valence-electron chi connectivity index (χ2n) is 6.08. The van der Waals surface area contributed by atoms with E-state index in [9.17, 15) is 9.18 Å². The van der Waals surface area contributed by atoms with E-state index in [0.717, 1.165) is 5.56 Å². The monoisotopic (exact) mass is 286 g/mol. The first-order chi connectivity index (χ1) is 9.77. The van der Waals surface area contributed by atoms with Crippen LogP contribution in [0.2, 0.25) is 0 Å². The summed E-state index contributed by atoms with van der Waals surface area (Å²) in [5.74, 6) is 0.332. The number of benzene rings is 2. The van der Waals surface area contributed by atoms with E-state index in [-0.39, 0.29) is 16.8 Å². The number of carbonyl (C=O) groups is 1. The van der Waals surface area contributed by atoms with Crippen molar-refractivity contribution in [2.75, 3.05) is 0 Å². The fourth-order valence-electron chi connectivity index (χ4n) is 2.02. The molecule has 0 aliphatic heterocycles. The van der Waals surface area contributed by atoms with Crippen LogP contribution < -0.4 is 4.74 Å². The molecule has 0 aliphatic carbocycles. The Hall–Kier alpha value is -2.16. The first-order valence-electron chi connectivity index (χ1n) is 6.86. The molecule has 0 fully saturated rings. The fourth-order valence-corrected chi connectivity index (χ4v) is 2.02. The van der Waals surface area contributed by atoms with Gasteiger partial charge in [-0.05, 0) is 48.2 Å². The van der Waals surface area contributed by atoms with Crippen molar-refractivity contribution in [2.24, 2.45) is 0 Å². The minimum absolute atomic E-state index is 0.00553. The Morgan fingerprint density at radius 1 is 1.10 bits per heavy atom. The molecule has 0 heterocycles. The molecule has 0 bridgehead atoms. The van der Waals surface area contributed by atoms with E-state index >= 15 is 0 Å². The first kappa shape index (κ1) is 15.2. The normalized spacial score (nSPS) is 11.3. The van der Waals surface area contributed by atoms with Crippen LogP contribution in [0.25, 0.3) is 0 Å². The lowest BCUT2D eigenvalue weighted by molar-refractivity contribution is 0.101. The van der Waals surface area contributed by atoms with E-state index in [1.807, 2.05) is 24.3 Å². The summed E-state index contributed by atoms with van der Waals surface area (Å²) in [7, 11) is 0. The van der Waals surface area contributed by atoms with Crippen molar-refractivity contribution < 1.29 is 13.9 Å². The summed E-state index contributed by atoms with van der Waals surface area (Å²) in [6.45, 7) is 7.74. The van der Waals surface area contributed by atoms with Gasteiger partial charge in [-0.3, -0.25) is 4.79 Å². The smallest absolute Gasteiger partial charge is 0.163 e. The largest absolute Gasteiger partial charge is 0.457 e. The van der Waals surface area contributed by atoms with Gasteiger partial charge in [0.05, 0.1) is 5.56 Å². The molecule has 0 spiro atoms. The molecule has 0 aromatic heterocycles. The molecule has 2 aromatic rings. The van der Waals surface area contributed by atoms with Gasteiger partial charge in [-0.25, -0.2) is 4.39 Å². The third-order valence-electron chi connectivity index (χ3n) is 3.25. The van der Waals surface area contributed by atoms with Gasteiger partial charge in [0.25, 0.3) is 0 Å². The van der Waals surface area contributed by atoms with E-state index in [0.29, 0.717) is 11.5 Å². The number of rotatable bonds is 3. The highest BCUT2D eigenvalue weighted by Gasteiger charge is 2.15. The van der Waals surface area contributed by atoms with Crippen molar-refractivity contribution in [3.05, 3.63) is 59.4 Å². The summed E-state index contributed by atoms with van der Waals surface area (Å²) < 4.78 is 19.0. The molecule has 21 heavy (non-hydrogen) atoms. The third kappa shape index (κ3) is 3.69. The van der Waals surface area contributed by atoms with E-state index in [1.54, 1.807) is 0 Å². The van der Waals surface area contributed by atoms with Crippen molar-refractivity contribution in [3.8, 4) is 11.5 Å². The highest BCUT2D eigenvalue weighted by molar-refractivity contribution is 5.96. The van der Waals surface area contributed by atoms with E-state index in [1.165, 1.54) is 25.1 Å². The van der Waals surface area contributed by atoms with Crippen molar-refractivity contribution >= 4 is 5.78 Å². The Morgan fingerprint density at radius 3 is 2.43 bits per heavy atom. The highest BCUT2D eigenvalue weighted by Crippen LogP contribution is 2.30. The number of carbonyl (C=O) groups excluding carboxylic acids is 1. The highest BCUT2D eigenvalue weighted by atomic mass is 19.1. The number of ketones is 1. The average Bonchev–Trinajstić information content (AvgIpc) is 2.40. The molecule has 2 rings (SSSR count). The van der Waals surface area contributed by atoms with E-state index in [4.69, 9.17) is 4.74 Å². The van der Waals surface area contributed by atoms with Crippen LogP contribution in [-0.4, -0.2) is 5.78 Å². The molecule has 0 radical (unpaired) electrons. The van der Waals surface area contributed by atoms with Crippen molar-refractivity contribution in [1.29, 1.82) is 0 Å². The maximum absolute atomic E-state index is 13.3. The van der Waals surface area contributed by atoms with Gasteiger partial charge >= 0.3 is 0 Å². The van der Waals surface area contributed by atoms with Gasteiger partial charge in [-0.1, -0.05) is 32.9 Å². The Morgan fingerprint density at radius 2 is 1.81 bits per heavy atom. The molecular weight excluding hydrogens is 267 g/mol. The van der Waals surface area contributed by atoms with E-state index in [2.05, 4.69) is 20.8 Å². The standard InChI is InChI=1S/C18H19FO2/c1-12(20)16-11-14(19)8-9-17(16)21-15-7-5-6-13(10-15)18(2,3)4/h5-11H,1-4H3. The van der Waals surface area contributed by atoms with Crippen molar-refractivity contribution in [2.45, 2.75) is 33.1 Å². The number of hydrogen-bond donors (Lipinski definition) is 0. The lowest BCUT2D eigenvalue weighted by atomic mass is 9.87. The molecule has 0 atom stereocenters. The molecule has 0 saturated carbocycles. The number of ether oxygens (including phenoxy) is 1. The summed E-state index contributed by atoms with van der Waals surface area (Å²) in [4.78, 5) is 11.6. The molecule has 2 nitrogen and oxygen atoms in total. The Kier molecular flexibility index (Phi) is 4.12. The molecule has 0 N–H and O–H groups in total. The molecule has 0 aliphatic rings. The second kappa shape index (κ2) is 5.68. The maximum atomic E-state index is 13.3. The zero-order valence-corrected chi connectivity index (χ0v) is 12.7. The van der Waals surface area contributed by atoms with Crippen molar-refractivity contribution in [1.82, 2.24) is 0 Å². The summed E-state index contributed by atoms with van der Waals surface area (Å²) in [5, 5.41) is 0. The minimum Gasteiger partial charge on any atom is -0.457 e. The van der Waals surface area contributed by atoms with Gasteiger partial charge < -0.3 is 4.74 Å². The first-order valence-corrected chi connectivity index (χ1v) is 6.86. The predicted molar refractivity (Wildman–Crippen MR) is 81.6 cm³/mol. The zero-order valence-electron chi connectivity index (χ0n) is 12.7. The molecule has 0 unspecified atom stereocenters. The summed E-state index contributed by atoms with van der Waals surface area (Å²) in [6, 6.07) is 11.7. The van der Waals surface area contributed by atoms with Crippen LogP contribution in [0.3, 0.4) is 0 Å². The summed E-state index contributed by atoms with van der Waals surface area (Å²) in [6.07, 6.45) is 0. The quantitative estimate of drug-likeness (QED) is 0.732. The number of halogens is 1. The van der Waals surface area contributed by atoms with Crippen LogP contribution in [0, 0.1) is 5.82 Å². The average molecular weight is 286 g/mol. The lowest BCUT2D eigenvalue weighted by Gasteiger charge is -2.20. The number of Topliss-reactive ketones (excluding diaryl/α,β-unsaturated/α-hetero) is 1. The van der Waals surface area contributed by atoms with Crippen molar-refractivity contribution in [3.63, 3.8) is 0 Å². The van der Waals surface area contributed by atoms with Crippen LogP contribution >= 0.6 is 0 Å². The molecule has 0 amide bonds. The predicted octanol–water partition coefficient (Wildman–Crippen LogP) is 5.12. The van der Waals surface area contributed by atoms with Gasteiger partial charge in [-0.2, -0.15) is 0 Å². The summed E-state index contributed by atoms with van der Waals surface area (Å²) in [5.41, 5.74) is 1.38. The van der Waals surface area contributed by atoms with Gasteiger partial charge in [-0.15, -0.1) is 0 Å². The third-order valence-corrected chi connectivity index (χ3v) is 3.25. The maximum Gasteiger partial charge on any atom is 0.163 e. The van der Waals surface area contributed by atoms with Crippen LogP contribution in [0.15, 0.2) is 42.5 Å². The Labute approximate surface area is 124 Å². The van der Waals surface area contributed by atoms with E-state index < -0.39 is 5.82 Å². The lowest BCUT2D eigenvalue weighted by Crippen LogP contribution is -2.10. The van der Waals surface area contributed by atoms with Gasteiger partial charge in [0.15, 0.2) is 5.78 Å². The number of hydrogen-bond acceptors (Lipinski definition) is 2. The van der Waals surface area contributed by atoms with Gasteiger partial charge in [0, 0.05) is 0 Å². The fraction of sp³-hybridized carbons (Fsp3) is 0.278. The Balaban J connectivity index is 2.37. The zero-order chi connectivity index (χ0) is 15.6. The van der Waals surface area contributed by atoms with Crippen LogP contribution in [-0.2, 0) is 5.41 Å². The second-order valence-corrected chi connectivity index (χ2v) is 6.08. The van der Waals surface area contributed by atoms with Crippen LogP contribution in [0.4, 0.5) is 4.39 Å². The molecule has 3 heteroatoms. The molecular formula is C18H19FO2. The van der Waals surface area contributed by atoms with Gasteiger partial charge in [0.1, 0.15) is 17.3 Å². The molecule has 0 saturated heterocycles. The summed E-state index contributed by atoms with van der Waals surface area (Å²) >= 11 is 0. The minimum atomic E-state index is -0.448. The molecule has 2 aromatic carbocycles. The van der Waals surface area contributed by atoms with Crippen LogP contribution in [0.1, 0.15) is 43.6 Å². The SMILES string of the molecule is CC(=O)c1cc(F)ccc1Oc1cccc(C(C)(C)C)c1. The molecule has 110 valence electrons. The van der Waals surface area contributed by atoms with Crippen LogP contribution in [0.5, 0.6) is 11.5 Å². The topological polar surface area (TPSA) is 26.3 Å². The van der Waals surface area contributed by atoms with Gasteiger partial charge in [0.2, 0.25) is 0 Å². The Bertz CT molecular complexity index is 669.